The van der Waals surface area contributed by atoms with Gasteiger partial charge in [-0.3, -0.25) is 9.78 Å². The Morgan fingerprint density at radius 2 is 1.88 bits per heavy atom. The van der Waals surface area contributed by atoms with Crippen molar-refractivity contribution in [2.24, 2.45) is 0 Å². The molecule has 1 saturated heterocycles. The van der Waals surface area contributed by atoms with Gasteiger partial charge in [-0.05, 0) is 37.1 Å². The molecule has 1 atom stereocenters. The monoisotopic (exact) mass is 350 g/mol. The van der Waals surface area contributed by atoms with Gasteiger partial charge in [0, 0.05) is 18.9 Å². The highest BCUT2D eigenvalue weighted by atomic mass is 19.4. The molecular weight excluding hydrogens is 333 g/mol. The van der Waals surface area contributed by atoms with E-state index in [1.807, 2.05) is 0 Å². The Hall–Kier alpha value is -2.57. The smallest absolute Gasteiger partial charge is 0.417 e. The van der Waals surface area contributed by atoms with E-state index in [-0.39, 0.29) is 18.2 Å². The highest BCUT2D eigenvalue weighted by Gasteiger charge is 2.36. The molecule has 0 spiro atoms. The van der Waals surface area contributed by atoms with Gasteiger partial charge < -0.3 is 9.64 Å². The summed E-state index contributed by atoms with van der Waals surface area (Å²) in [6.07, 6.45) is -0.197. The SMILES string of the molecule is O=C(c1ccccc1C(F)(F)F)N1CCCC(Oc2ccncc2)C1. The van der Waals surface area contributed by atoms with Crippen molar-refractivity contribution in [2.75, 3.05) is 13.1 Å². The zero-order valence-electron chi connectivity index (χ0n) is 13.4. The highest BCUT2D eigenvalue weighted by molar-refractivity contribution is 5.96. The molecule has 1 fully saturated rings. The molecule has 0 radical (unpaired) electrons. The number of piperidine rings is 1. The second-order valence-electron chi connectivity index (χ2n) is 5.86. The first-order valence-corrected chi connectivity index (χ1v) is 7.97. The van der Waals surface area contributed by atoms with Crippen LogP contribution in [0.25, 0.3) is 0 Å². The molecule has 1 aliphatic rings. The molecule has 25 heavy (non-hydrogen) atoms. The van der Waals surface area contributed by atoms with E-state index in [4.69, 9.17) is 4.74 Å². The van der Waals surface area contributed by atoms with Gasteiger partial charge in [0.25, 0.3) is 5.91 Å². The zero-order valence-corrected chi connectivity index (χ0v) is 13.4. The quantitative estimate of drug-likeness (QED) is 0.846. The number of alkyl halides is 3. The number of amides is 1. The van der Waals surface area contributed by atoms with Gasteiger partial charge in [0.15, 0.2) is 0 Å². The lowest BCUT2D eigenvalue weighted by Crippen LogP contribution is -2.44. The predicted octanol–water partition coefficient (Wildman–Crippen LogP) is 3.78. The third-order valence-electron chi connectivity index (χ3n) is 4.08. The van der Waals surface area contributed by atoms with Gasteiger partial charge in [-0.2, -0.15) is 13.2 Å². The van der Waals surface area contributed by atoms with Crippen LogP contribution in [0.3, 0.4) is 0 Å². The first kappa shape index (κ1) is 17.3. The van der Waals surface area contributed by atoms with Gasteiger partial charge in [-0.15, -0.1) is 0 Å². The second-order valence-corrected chi connectivity index (χ2v) is 5.86. The molecular formula is C18H17F3N2O2. The Kier molecular flexibility index (Phi) is 4.92. The van der Waals surface area contributed by atoms with Crippen molar-refractivity contribution in [3.63, 3.8) is 0 Å². The molecule has 0 bridgehead atoms. The number of benzene rings is 1. The van der Waals surface area contributed by atoms with Crippen LogP contribution in [0, 0.1) is 0 Å². The van der Waals surface area contributed by atoms with Crippen LogP contribution in [0.1, 0.15) is 28.8 Å². The van der Waals surface area contributed by atoms with E-state index in [9.17, 15) is 18.0 Å². The van der Waals surface area contributed by atoms with Crippen molar-refractivity contribution in [3.8, 4) is 5.75 Å². The maximum absolute atomic E-state index is 13.1. The fraction of sp³-hybridized carbons (Fsp3) is 0.333. The number of hydrogen-bond acceptors (Lipinski definition) is 3. The molecule has 2 heterocycles. The second kappa shape index (κ2) is 7.13. The molecule has 0 aliphatic carbocycles. The number of aromatic nitrogens is 1. The molecule has 4 nitrogen and oxygen atoms in total. The summed E-state index contributed by atoms with van der Waals surface area (Å²) < 4.78 is 45.2. The van der Waals surface area contributed by atoms with E-state index < -0.39 is 17.6 Å². The van der Waals surface area contributed by atoms with Gasteiger partial charge in [0.2, 0.25) is 0 Å². The topological polar surface area (TPSA) is 42.4 Å². The lowest BCUT2D eigenvalue weighted by atomic mass is 10.0. The molecule has 1 amide bonds. The molecule has 0 saturated carbocycles. The van der Waals surface area contributed by atoms with Gasteiger partial charge in [0.05, 0.1) is 17.7 Å². The Morgan fingerprint density at radius 1 is 1.16 bits per heavy atom. The van der Waals surface area contributed by atoms with Crippen molar-refractivity contribution in [1.29, 1.82) is 0 Å². The van der Waals surface area contributed by atoms with Crippen LogP contribution >= 0.6 is 0 Å². The van der Waals surface area contributed by atoms with Crippen LogP contribution in [0.5, 0.6) is 5.75 Å². The molecule has 1 unspecified atom stereocenters. The molecule has 1 aromatic carbocycles. The highest BCUT2D eigenvalue weighted by Crippen LogP contribution is 2.32. The molecule has 2 aromatic rings. The fourth-order valence-electron chi connectivity index (χ4n) is 2.92. The molecule has 3 rings (SSSR count). The van der Waals surface area contributed by atoms with E-state index in [2.05, 4.69) is 4.98 Å². The first-order chi connectivity index (χ1) is 11.9. The first-order valence-electron chi connectivity index (χ1n) is 7.97. The van der Waals surface area contributed by atoms with E-state index in [0.29, 0.717) is 18.7 Å². The Bertz CT molecular complexity index is 735. The summed E-state index contributed by atoms with van der Waals surface area (Å²) in [7, 11) is 0. The van der Waals surface area contributed by atoms with Gasteiger partial charge in [-0.25, -0.2) is 0 Å². The third-order valence-corrected chi connectivity index (χ3v) is 4.08. The number of hydrogen-bond donors (Lipinski definition) is 0. The number of pyridine rings is 1. The van der Waals surface area contributed by atoms with E-state index in [1.54, 1.807) is 24.5 Å². The number of carbonyl (C=O) groups excluding carboxylic acids is 1. The van der Waals surface area contributed by atoms with E-state index >= 15 is 0 Å². The Morgan fingerprint density at radius 3 is 2.60 bits per heavy atom. The molecule has 0 N–H and O–H groups in total. The summed E-state index contributed by atoms with van der Waals surface area (Å²) in [5.41, 5.74) is -1.23. The summed E-state index contributed by atoms with van der Waals surface area (Å²) in [5, 5.41) is 0. The molecule has 132 valence electrons. The van der Waals surface area contributed by atoms with Crippen LogP contribution in [-0.4, -0.2) is 35.0 Å². The van der Waals surface area contributed by atoms with Gasteiger partial charge in [0.1, 0.15) is 11.9 Å². The fourth-order valence-corrected chi connectivity index (χ4v) is 2.92. The maximum Gasteiger partial charge on any atom is 0.417 e. The summed E-state index contributed by atoms with van der Waals surface area (Å²) >= 11 is 0. The summed E-state index contributed by atoms with van der Waals surface area (Å²) in [6, 6.07) is 8.29. The van der Waals surface area contributed by atoms with Gasteiger partial charge in [-0.1, -0.05) is 12.1 Å². The number of halogens is 3. The Labute approximate surface area is 143 Å². The number of rotatable bonds is 3. The standard InChI is InChI=1S/C18H17F3N2O2/c19-18(20,21)16-6-2-1-5-15(16)17(24)23-11-3-4-14(12-23)25-13-7-9-22-10-8-13/h1-2,5-10,14H,3-4,11-12H2. The molecule has 1 aliphatic heterocycles. The normalized spacial score (nSPS) is 18.0. The predicted molar refractivity (Wildman–Crippen MR) is 85.2 cm³/mol. The van der Waals surface area contributed by atoms with Crippen LogP contribution in [-0.2, 0) is 6.18 Å². The van der Waals surface area contributed by atoms with Crippen molar-refractivity contribution < 1.29 is 22.7 Å². The van der Waals surface area contributed by atoms with Crippen molar-refractivity contribution in [2.45, 2.75) is 25.1 Å². The van der Waals surface area contributed by atoms with Crippen molar-refractivity contribution in [1.82, 2.24) is 9.88 Å². The average Bonchev–Trinajstić information content (AvgIpc) is 2.61. The third kappa shape index (κ3) is 4.10. The molecule has 7 heteroatoms. The van der Waals surface area contributed by atoms with E-state index in [0.717, 1.165) is 12.5 Å². The lowest BCUT2D eigenvalue weighted by molar-refractivity contribution is -0.138. The van der Waals surface area contributed by atoms with Crippen LogP contribution in [0.2, 0.25) is 0 Å². The number of ether oxygens (including phenoxy) is 1. The number of nitrogens with zero attached hydrogens (tertiary/aromatic N) is 2. The Balaban J connectivity index is 1.75. The van der Waals surface area contributed by atoms with Crippen LogP contribution in [0.4, 0.5) is 13.2 Å². The maximum atomic E-state index is 13.1. The summed E-state index contributed by atoms with van der Waals surface area (Å²) in [5.74, 6) is 0.0148. The molecule has 1 aromatic heterocycles. The number of likely N-dealkylation sites (tertiary alicyclic amines) is 1. The summed E-state index contributed by atoms with van der Waals surface area (Å²) in [6.45, 7) is 0.675. The van der Waals surface area contributed by atoms with Crippen molar-refractivity contribution >= 4 is 5.91 Å². The summed E-state index contributed by atoms with van der Waals surface area (Å²) in [4.78, 5) is 18.0. The average molecular weight is 350 g/mol. The lowest BCUT2D eigenvalue weighted by Gasteiger charge is -2.33. The van der Waals surface area contributed by atoms with Crippen LogP contribution in [0.15, 0.2) is 48.8 Å². The minimum Gasteiger partial charge on any atom is -0.488 e. The van der Waals surface area contributed by atoms with Crippen molar-refractivity contribution in [3.05, 3.63) is 59.9 Å². The largest absolute Gasteiger partial charge is 0.488 e. The number of carbonyl (C=O) groups is 1. The zero-order chi connectivity index (χ0) is 17.9. The van der Waals surface area contributed by atoms with Crippen LogP contribution < -0.4 is 4.74 Å². The van der Waals surface area contributed by atoms with Gasteiger partial charge >= 0.3 is 6.18 Å². The van der Waals surface area contributed by atoms with E-state index in [1.165, 1.54) is 23.1 Å². The minimum atomic E-state index is -4.56. The minimum absolute atomic E-state index is 0.252.